The molecule has 0 fully saturated rings. The van der Waals surface area contributed by atoms with Gasteiger partial charge in [0.2, 0.25) is 10.0 Å². The number of rotatable bonds is 6. The molecule has 3 aromatic rings. The number of benzene rings is 2. The molecule has 1 N–H and O–H groups in total. The summed E-state index contributed by atoms with van der Waals surface area (Å²) in [5.41, 5.74) is 2.19. The van der Waals surface area contributed by atoms with Crippen molar-refractivity contribution >= 4 is 33.2 Å². The number of nitrogens with zero attached hydrogens (tertiary/aromatic N) is 2. The first-order chi connectivity index (χ1) is 11.9. The van der Waals surface area contributed by atoms with Gasteiger partial charge in [0, 0.05) is 40.2 Å². The average Bonchev–Trinajstić information content (AvgIpc) is 3.12. The van der Waals surface area contributed by atoms with Crippen molar-refractivity contribution in [2.75, 3.05) is 0 Å². The molecule has 0 radical (unpaired) electrons. The molecule has 0 amide bonds. The number of nitrogens with one attached hydrogen (secondary N) is 1. The highest BCUT2D eigenvalue weighted by molar-refractivity contribution is 7.88. The molecule has 1 aromatic heterocycles. The summed E-state index contributed by atoms with van der Waals surface area (Å²) in [6.07, 6.45) is 5.23. The van der Waals surface area contributed by atoms with Crippen molar-refractivity contribution in [2.24, 2.45) is 0 Å². The highest BCUT2D eigenvalue weighted by Gasteiger charge is 2.16. The van der Waals surface area contributed by atoms with Crippen molar-refractivity contribution in [3.8, 4) is 5.69 Å². The van der Waals surface area contributed by atoms with E-state index < -0.39 is 10.0 Å². The van der Waals surface area contributed by atoms with Gasteiger partial charge in [-0.05, 0) is 29.8 Å². The van der Waals surface area contributed by atoms with E-state index in [1.165, 1.54) is 0 Å². The standard InChI is InChI=1S/C17H15Cl2N3O2S/c18-16-2-1-3-17(19)15(16)11-25(23,24)21-10-13-4-6-14(7-5-13)22-9-8-20-12-22/h1-9,12,21H,10-11H2. The minimum Gasteiger partial charge on any atom is -0.306 e. The summed E-state index contributed by atoms with van der Waals surface area (Å²) in [6.45, 7) is 0.189. The van der Waals surface area contributed by atoms with Crippen molar-refractivity contribution in [2.45, 2.75) is 12.3 Å². The van der Waals surface area contributed by atoms with Crippen molar-refractivity contribution in [3.63, 3.8) is 0 Å². The number of hydrogen-bond donors (Lipinski definition) is 1. The highest BCUT2D eigenvalue weighted by Crippen LogP contribution is 2.26. The Hall–Kier alpha value is -1.86. The molecule has 5 nitrogen and oxygen atoms in total. The first-order valence-electron chi connectivity index (χ1n) is 7.42. The molecule has 25 heavy (non-hydrogen) atoms. The van der Waals surface area contributed by atoms with Crippen LogP contribution < -0.4 is 4.72 Å². The lowest BCUT2D eigenvalue weighted by atomic mass is 10.2. The smallest absolute Gasteiger partial charge is 0.216 e. The van der Waals surface area contributed by atoms with Crippen molar-refractivity contribution in [3.05, 3.63) is 82.4 Å². The predicted molar refractivity (Wildman–Crippen MR) is 99.5 cm³/mol. The fourth-order valence-electron chi connectivity index (χ4n) is 2.30. The molecule has 0 unspecified atom stereocenters. The summed E-state index contributed by atoms with van der Waals surface area (Å²) in [5.74, 6) is -0.265. The average molecular weight is 396 g/mol. The van der Waals surface area contributed by atoms with Crippen LogP contribution in [-0.4, -0.2) is 18.0 Å². The Kier molecular flexibility index (Phi) is 5.44. The van der Waals surface area contributed by atoms with E-state index in [1.54, 1.807) is 30.7 Å². The minimum absolute atomic E-state index is 0.189. The SMILES string of the molecule is O=S(=O)(Cc1c(Cl)cccc1Cl)NCc1ccc(-n2ccnc2)cc1. The van der Waals surface area contributed by atoms with Gasteiger partial charge in [-0.25, -0.2) is 18.1 Å². The molecule has 0 saturated heterocycles. The maximum absolute atomic E-state index is 12.3. The first-order valence-corrected chi connectivity index (χ1v) is 9.83. The zero-order valence-electron chi connectivity index (χ0n) is 13.1. The van der Waals surface area contributed by atoms with Gasteiger partial charge in [-0.3, -0.25) is 0 Å². The first kappa shape index (κ1) is 17.9. The van der Waals surface area contributed by atoms with Crippen LogP contribution in [0.5, 0.6) is 0 Å². The van der Waals surface area contributed by atoms with Gasteiger partial charge >= 0.3 is 0 Å². The molecule has 0 spiro atoms. The minimum atomic E-state index is -3.57. The molecular weight excluding hydrogens is 381 g/mol. The number of aromatic nitrogens is 2. The Morgan fingerprint density at radius 3 is 2.32 bits per heavy atom. The molecular formula is C17H15Cl2N3O2S. The molecule has 0 aliphatic rings. The van der Waals surface area contributed by atoms with Gasteiger partial charge in [0.25, 0.3) is 0 Å². The van der Waals surface area contributed by atoms with Crippen LogP contribution in [0.4, 0.5) is 0 Å². The van der Waals surface area contributed by atoms with Crippen molar-refractivity contribution in [1.82, 2.24) is 14.3 Å². The maximum atomic E-state index is 12.3. The highest BCUT2D eigenvalue weighted by atomic mass is 35.5. The number of hydrogen-bond acceptors (Lipinski definition) is 3. The van der Waals surface area contributed by atoms with E-state index >= 15 is 0 Å². The lowest BCUT2D eigenvalue weighted by Gasteiger charge is -2.10. The molecule has 0 aliphatic carbocycles. The fourth-order valence-corrected chi connectivity index (χ4v) is 4.17. The topological polar surface area (TPSA) is 64.0 Å². The fraction of sp³-hybridized carbons (Fsp3) is 0.118. The Labute approximate surface area is 156 Å². The van der Waals surface area contributed by atoms with E-state index in [-0.39, 0.29) is 12.3 Å². The lowest BCUT2D eigenvalue weighted by molar-refractivity contribution is 0.580. The third-order valence-electron chi connectivity index (χ3n) is 3.63. The van der Waals surface area contributed by atoms with E-state index in [0.29, 0.717) is 15.6 Å². The molecule has 0 bridgehead atoms. The summed E-state index contributed by atoms with van der Waals surface area (Å²) < 4.78 is 29.0. The van der Waals surface area contributed by atoms with Crippen LogP contribution in [0.15, 0.2) is 61.2 Å². The molecule has 1 heterocycles. The second kappa shape index (κ2) is 7.58. The van der Waals surface area contributed by atoms with Gasteiger partial charge in [0.15, 0.2) is 0 Å². The van der Waals surface area contributed by atoms with Crippen LogP contribution in [0, 0.1) is 0 Å². The Morgan fingerprint density at radius 1 is 1.04 bits per heavy atom. The largest absolute Gasteiger partial charge is 0.306 e. The predicted octanol–water partition coefficient (Wildman–Crippen LogP) is 3.80. The molecule has 3 rings (SSSR count). The normalized spacial score (nSPS) is 11.6. The summed E-state index contributed by atoms with van der Waals surface area (Å²) in [5, 5.41) is 0.671. The summed E-state index contributed by atoms with van der Waals surface area (Å²) >= 11 is 12.1. The molecule has 2 aromatic carbocycles. The molecule has 0 aliphatic heterocycles. The lowest BCUT2D eigenvalue weighted by Crippen LogP contribution is -2.25. The summed E-state index contributed by atoms with van der Waals surface area (Å²) in [4.78, 5) is 3.99. The van der Waals surface area contributed by atoms with Crippen LogP contribution in [0.3, 0.4) is 0 Å². The Balaban J connectivity index is 1.66. The van der Waals surface area contributed by atoms with E-state index in [1.807, 2.05) is 35.0 Å². The van der Waals surface area contributed by atoms with E-state index in [4.69, 9.17) is 23.2 Å². The molecule has 130 valence electrons. The van der Waals surface area contributed by atoms with Gasteiger partial charge in [0.05, 0.1) is 12.1 Å². The number of sulfonamides is 1. The van der Waals surface area contributed by atoms with Gasteiger partial charge < -0.3 is 4.57 Å². The van der Waals surface area contributed by atoms with Crippen molar-refractivity contribution < 1.29 is 8.42 Å². The third-order valence-corrected chi connectivity index (χ3v) is 5.59. The van der Waals surface area contributed by atoms with Gasteiger partial charge in [-0.15, -0.1) is 0 Å². The summed E-state index contributed by atoms with van der Waals surface area (Å²) in [7, 11) is -3.57. The number of imidazole rings is 1. The van der Waals surface area contributed by atoms with E-state index in [0.717, 1.165) is 11.3 Å². The Morgan fingerprint density at radius 2 is 1.72 bits per heavy atom. The Bertz CT molecular complexity index is 936. The number of halogens is 2. The van der Waals surface area contributed by atoms with Crippen LogP contribution in [0.2, 0.25) is 10.0 Å². The van der Waals surface area contributed by atoms with Crippen LogP contribution >= 0.6 is 23.2 Å². The quantitative estimate of drug-likeness (QED) is 0.690. The van der Waals surface area contributed by atoms with Gasteiger partial charge in [0.1, 0.15) is 0 Å². The van der Waals surface area contributed by atoms with Crippen LogP contribution in [0.1, 0.15) is 11.1 Å². The molecule has 8 heteroatoms. The van der Waals surface area contributed by atoms with Crippen LogP contribution in [-0.2, 0) is 22.3 Å². The maximum Gasteiger partial charge on any atom is 0.216 e. The van der Waals surface area contributed by atoms with E-state index in [9.17, 15) is 8.42 Å². The van der Waals surface area contributed by atoms with Crippen LogP contribution in [0.25, 0.3) is 5.69 Å². The van der Waals surface area contributed by atoms with Gasteiger partial charge in [-0.1, -0.05) is 41.4 Å². The van der Waals surface area contributed by atoms with E-state index in [2.05, 4.69) is 9.71 Å². The molecule has 0 atom stereocenters. The van der Waals surface area contributed by atoms with Crippen molar-refractivity contribution in [1.29, 1.82) is 0 Å². The monoisotopic (exact) mass is 395 g/mol. The second-order valence-electron chi connectivity index (χ2n) is 5.42. The zero-order chi connectivity index (χ0) is 17.9. The van der Waals surface area contributed by atoms with Gasteiger partial charge in [-0.2, -0.15) is 0 Å². The zero-order valence-corrected chi connectivity index (χ0v) is 15.4. The molecule has 0 saturated carbocycles. The summed E-state index contributed by atoms with van der Waals surface area (Å²) in [6, 6.07) is 12.4. The second-order valence-corrected chi connectivity index (χ2v) is 8.04. The third kappa shape index (κ3) is 4.61.